The average Bonchev–Trinajstić information content (AvgIpc) is 2.66. The summed E-state index contributed by atoms with van der Waals surface area (Å²) in [5.41, 5.74) is 0.00869. The second kappa shape index (κ2) is 3.83. The predicted octanol–water partition coefficient (Wildman–Crippen LogP) is 1.55. The summed E-state index contributed by atoms with van der Waals surface area (Å²) >= 11 is 0. The summed E-state index contributed by atoms with van der Waals surface area (Å²) in [7, 11) is 0. The summed E-state index contributed by atoms with van der Waals surface area (Å²) < 4.78 is 5.37. The molecule has 2 aliphatic carbocycles. The molecular formula is C15H22O4. The molecular weight excluding hydrogens is 244 g/mol. The van der Waals surface area contributed by atoms with E-state index in [0.29, 0.717) is 24.8 Å². The fourth-order valence-electron chi connectivity index (χ4n) is 4.25. The molecule has 2 N–H and O–H groups in total. The highest BCUT2D eigenvalue weighted by Gasteiger charge is 2.55. The first kappa shape index (κ1) is 13.1. The van der Waals surface area contributed by atoms with Crippen molar-refractivity contribution in [1.82, 2.24) is 0 Å². The smallest absolute Gasteiger partial charge is 0.334 e. The summed E-state index contributed by atoms with van der Waals surface area (Å²) in [5.74, 6) is -0.189. The summed E-state index contributed by atoms with van der Waals surface area (Å²) in [6, 6.07) is 0. The van der Waals surface area contributed by atoms with Crippen molar-refractivity contribution in [3.63, 3.8) is 0 Å². The molecule has 0 saturated heterocycles. The molecule has 0 aromatic heterocycles. The van der Waals surface area contributed by atoms with Crippen molar-refractivity contribution >= 4 is 5.97 Å². The van der Waals surface area contributed by atoms with Crippen LogP contribution in [0.4, 0.5) is 0 Å². The SMILES string of the molecule is CC1=C2C[C@H]3[C@H](CC[C@@]3(C)O)[C@@](C)(O)C[C@@H]2OC1=O. The topological polar surface area (TPSA) is 66.8 Å². The maximum absolute atomic E-state index is 11.7. The average molecular weight is 266 g/mol. The second-order valence-corrected chi connectivity index (χ2v) is 6.92. The van der Waals surface area contributed by atoms with Crippen molar-refractivity contribution in [3.8, 4) is 0 Å². The van der Waals surface area contributed by atoms with Gasteiger partial charge in [-0.25, -0.2) is 4.79 Å². The molecule has 19 heavy (non-hydrogen) atoms. The Morgan fingerprint density at radius 1 is 1.21 bits per heavy atom. The lowest BCUT2D eigenvalue weighted by molar-refractivity contribution is -0.142. The highest BCUT2D eigenvalue weighted by molar-refractivity contribution is 5.91. The van der Waals surface area contributed by atoms with Gasteiger partial charge in [-0.3, -0.25) is 0 Å². The van der Waals surface area contributed by atoms with Crippen molar-refractivity contribution in [3.05, 3.63) is 11.1 Å². The third-order valence-electron chi connectivity index (χ3n) is 5.51. The molecule has 3 aliphatic rings. The van der Waals surface area contributed by atoms with Crippen LogP contribution in [0, 0.1) is 11.8 Å². The lowest BCUT2D eigenvalue weighted by atomic mass is 9.76. The van der Waals surface area contributed by atoms with Crippen LogP contribution >= 0.6 is 0 Å². The molecule has 3 rings (SSSR count). The van der Waals surface area contributed by atoms with E-state index in [-0.39, 0.29) is 23.9 Å². The maximum atomic E-state index is 11.7. The van der Waals surface area contributed by atoms with Gasteiger partial charge < -0.3 is 14.9 Å². The normalized spacial score (nSPS) is 49.7. The monoisotopic (exact) mass is 266 g/mol. The molecule has 0 bridgehead atoms. The molecule has 0 unspecified atom stereocenters. The van der Waals surface area contributed by atoms with E-state index in [1.54, 1.807) is 6.92 Å². The molecule has 1 aliphatic heterocycles. The summed E-state index contributed by atoms with van der Waals surface area (Å²) in [5, 5.41) is 21.3. The quantitative estimate of drug-likeness (QED) is 0.653. The molecule has 4 nitrogen and oxygen atoms in total. The zero-order valence-electron chi connectivity index (χ0n) is 11.8. The van der Waals surface area contributed by atoms with Crippen LogP contribution < -0.4 is 0 Å². The van der Waals surface area contributed by atoms with Crippen molar-refractivity contribution in [2.24, 2.45) is 11.8 Å². The van der Waals surface area contributed by atoms with Crippen LogP contribution in [0.5, 0.6) is 0 Å². The van der Waals surface area contributed by atoms with Gasteiger partial charge in [0.1, 0.15) is 6.10 Å². The first-order chi connectivity index (χ1) is 8.72. The van der Waals surface area contributed by atoms with Gasteiger partial charge in [-0.15, -0.1) is 0 Å². The van der Waals surface area contributed by atoms with E-state index < -0.39 is 11.2 Å². The number of carbonyl (C=O) groups excluding carboxylic acids is 1. The molecule has 5 atom stereocenters. The molecule has 106 valence electrons. The van der Waals surface area contributed by atoms with Gasteiger partial charge in [0.05, 0.1) is 11.2 Å². The van der Waals surface area contributed by atoms with Crippen LogP contribution in [-0.2, 0) is 9.53 Å². The Balaban J connectivity index is 2.04. The van der Waals surface area contributed by atoms with E-state index in [4.69, 9.17) is 4.74 Å². The van der Waals surface area contributed by atoms with Gasteiger partial charge in [0.2, 0.25) is 0 Å². The summed E-state index contributed by atoms with van der Waals surface area (Å²) in [6.07, 6.45) is 2.35. The van der Waals surface area contributed by atoms with E-state index in [9.17, 15) is 15.0 Å². The largest absolute Gasteiger partial charge is 0.454 e. The van der Waals surface area contributed by atoms with Crippen molar-refractivity contribution in [2.45, 2.75) is 63.8 Å². The molecule has 4 heteroatoms. The fourth-order valence-corrected chi connectivity index (χ4v) is 4.25. The number of ether oxygens (including phenoxy) is 1. The Morgan fingerprint density at radius 3 is 2.58 bits per heavy atom. The van der Waals surface area contributed by atoms with Crippen LogP contribution in [0.1, 0.15) is 46.5 Å². The minimum absolute atomic E-state index is 0.00644. The lowest BCUT2D eigenvalue weighted by Crippen LogP contribution is -2.41. The van der Waals surface area contributed by atoms with Gasteiger partial charge >= 0.3 is 5.97 Å². The van der Waals surface area contributed by atoms with Gasteiger partial charge in [-0.05, 0) is 57.4 Å². The minimum Gasteiger partial charge on any atom is -0.454 e. The van der Waals surface area contributed by atoms with Gasteiger partial charge in [-0.2, -0.15) is 0 Å². The van der Waals surface area contributed by atoms with Crippen molar-refractivity contribution in [2.75, 3.05) is 0 Å². The Labute approximate surface area is 113 Å². The molecule has 0 radical (unpaired) electrons. The van der Waals surface area contributed by atoms with Crippen LogP contribution in [0.15, 0.2) is 11.1 Å². The second-order valence-electron chi connectivity index (χ2n) is 6.92. The van der Waals surface area contributed by atoms with Gasteiger partial charge in [0, 0.05) is 12.0 Å². The zero-order chi connectivity index (χ0) is 14.0. The molecule has 0 amide bonds. The number of rotatable bonds is 0. The minimum atomic E-state index is -0.886. The van der Waals surface area contributed by atoms with Gasteiger partial charge in [0.25, 0.3) is 0 Å². The van der Waals surface area contributed by atoms with Crippen LogP contribution in [-0.4, -0.2) is 33.5 Å². The number of fused-ring (bicyclic) bond motifs is 2. The van der Waals surface area contributed by atoms with Gasteiger partial charge in [-0.1, -0.05) is 0 Å². The molecule has 0 aromatic carbocycles. The number of aliphatic hydroxyl groups is 2. The lowest BCUT2D eigenvalue weighted by Gasteiger charge is -2.35. The van der Waals surface area contributed by atoms with E-state index in [1.165, 1.54) is 0 Å². The maximum Gasteiger partial charge on any atom is 0.334 e. The highest BCUT2D eigenvalue weighted by atomic mass is 16.5. The molecule has 0 spiro atoms. The third kappa shape index (κ3) is 1.84. The Morgan fingerprint density at radius 2 is 1.89 bits per heavy atom. The Bertz CT molecular complexity index is 461. The summed E-state index contributed by atoms with van der Waals surface area (Å²) in [6.45, 7) is 5.45. The molecule has 0 aromatic rings. The first-order valence-electron chi connectivity index (χ1n) is 7.08. The highest BCUT2D eigenvalue weighted by Crippen LogP contribution is 2.53. The van der Waals surface area contributed by atoms with Crippen molar-refractivity contribution in [1.29, 1.82) is 0 Å². The number of carbonyl (C=O) groups is 1. The standard InChI is InChI=1S/C15H22O4/c1-8-9-6-11-10(4-5-14(11,2)17)15(3,18)7-12(9)19-13(8)16/h10-12,17-18H,4-7H2,1-3H3/t10-,11-,12-,14+,15-/m0/s1. The molecule has 2 fully saturated rings. The third-order valence-corrected chi connectivity index (χ3v) is 5.51. The van der Waals surface area contributed by atoms with Crippen LogP contribution in [0.3, 0.4) is 0 Å². The van der Waals surface area contributed by atoms with E-state index >= 15 is 0 Å². The predicted molar refractivity (Wildman–Crippen MR) is 69.3 cm³/mol. The number of hydrogen-bond acceptors (Lipinski definition) is 4. The number of hydrogen-bond donors (Lipinski definition) is 2. The molecule has 1 heterocycles. The Hall–Kier alpha value is -0.870. The Kier molecular flexibility index (Phi) is 2.64. The van der Waals surface area contributed by atoms with E-state index in [0.717, 1.165) is 12.0 Å². The van der Waals surface area contributed by atoms with Gasteiger partial charge in [0.15, 0.2) is 0 Å². The van der Waals surface area contributed by atoms with E-state index in [1.807, 2.05) is 13.8 Å². The fraction of sp³-hybridized carbons (Fsp3) is 0.800. The first-order valence-corrected chi connectivity index (χ1v) is 7.08. The molecule has 2 saturated carbocycles. The van der Waals surface area contributed by atoms with E-state index in [2.05, 4.69) is 0 Å². The summed E-state index contributed by atoms with van der Waals surface area (Å²) in [4.78, 5) is 11.7. The van der Waals surface area contributed by atoms with Crippen LogP contribution in [0.2, 0.25) is 0 Å². The number of esters is 1. The van der Waals surface area contributed by atoms with Crippen LogP contribution in [0.25, 0.3) is 0 Å². The van der Waals surface area contributed by atoms with Crippen molar-refractivity contribution < 1.29 is 19.7 Å². The zero-order valence-corrected chi connectivity index (χ0v) is 11.8.